The third kappa shape index (κ3) is 10.5. The largest absolute Gasteiger partial charge is 0.494 e. The van der Waals surface area contributed by atoms with E-state index in [2.05, 4.69) is 0 Å². The van der Waals surface area contributed by atoms with E-state index < -0.39 is 23.5 Å². The summed E-state index contributed by atoms with van der Waals surface area (Å²) in [7, 11) is 1.27. The molecule has 0 aliphatic carbocycles. The van der Waals surface area contributed by atoms with E-state index in [0.717, 1.165) is 62.1 Å². The summed E-state index contributed by atoms with van der Waals surface area (Å²) >= 11 is 0. The summed E-state index contributed by atoms with van der Waals surface area (Å²) in [6.45, 7) is 7.90. The molecule has 8 heteroatoms. The van der Waals surface area contributed by atoms with E-state index in [1.54, 1.807) is 0 Å². The van der Waals surface area contributed by atoms with Gasteiger partial charge in [0.05, 0.1) is 13.7 Å². The minimum atomic E-state index is -1.03. The molecule has 1 fully saturated rings. The number of ether oxygens (including phenoxy) is 4. The molecule has 0 radical (unpaired) electrons. The Balaban J connectivity index is 1.35. The second kappa shape index (κ2) is 15.3. The standard InChI is InChI=1S/C32H43NO7/c1-32(2,3)40-31(36)33-19-17-24(18-20-33)10-8-9-21-38-27-15-13-25(14-16-27)22-28(29(34)37-4)30(35)39-23-26-11-6-5-7-12-26/h5-7,11-16,24,28H,8-10,17-23H2,1-4H3. The molecule has 1 aliphatic heterocycles. The third-order valence-corrected chi connectivity index (χ3v) is 6.90. The molecule has 40 heavy (non-hydrogen) atoms. The van der Waals surface area contributed by atoms with Gasteiger partial charge in [0.15, 0.2) is 5.92 Å². The fourth-order valence-corrected chi connectivity index (χ4v) is 4.65. The smallest absolute Gasteiger partial charge is 0.410 e. The molecule has 1 aliphatic rings. The predicted octanol–water partition coefficient (Wildman–Crippen LogP) is 5.96. The van der Waals surface area contributed by atoms with Gasteiger partial charge in [0.25, 0.3) is 0 Å². The summed E-state index contributed by atoms with van der Waals surface area (Å²) in [5.41, 5.74) is 1.21. The Morgan fingerprint density at radius 3 is 2.20 bits per heavy atom. The van der Waals surface area contributed by atoms with Crippen molar-refractivity contribution in [3.05, 3.63) is 65.7 Å². The third-order valence-electron chi connectivity index (χ3n) is 6.90. The Kier molecular flexibility index (Phi) is 11.8. The average molecular weight is 554 g/mol. The molecule has 8 nitrogen and oxygen atoms in total. The second-order valence-electron chi connectivity index (χ2n) is 11.3. The van der Waals surface area contributed by atoms with Gasteiger partial charge in [-0.25, -0.2) is 4.79 Å². The highest BCUT2D eigenvalue weighted by atomic mass is 16.6. The number of benzene rings is 2. The Labute approximate surface area is 237 Å². The van der Waals surface area contributed by atoms with E-state index in [1.165, 1.54) is 7.11 Å². The van der Waals surface area contributed by atoms with Crippen LogP contribution in [-0.4, -0.2) is 55.3 Å². The zero-order valence-electron chi connectivity index (χ0n) is 24.2. The summed E-state index contributed by atoms with van der Waals surface area (Å²) in [6, 6.07) is 16.7. The average Bonchev–Trinajstić information content (AvgIpc) is 2.94. The fourth-order valence-electron chi connectivity index (χ4n) is 4.65. The van der Waals surface area contributed by atoms with Crippen LogP contribution in [-0.2, 0) is 36.8 Å². The van der Waals surface area contributed by atoms with Crippen molar-refractivity contribution >= 4 is 18.0 Å². The maximum atomic E-state index is 12.6. The van der Waals surface area contributed by atoms with Crippen molar-refractivity contribution in [2.75, 3.05) is 26.8 Å². The first-order valence-corrected chi connectivity index (χ1v) is 14.1. The summed E-state index contributed by atoms with van der Waals surface area (Å²) in [5, 5.41) is 0. The number of carbonyl (C=O) groups excluding carboxylic acids is 3. The fraction of sp³-hybridized carbons (Fsp3) is 0.531. The second-order valence-corrected chi connectivity index (χ2v) is 11.3. The molecule has 1 atom stereocenters. The van der Waals surface area contributed by atoms with Gasteiger partial charge in [-0.15, -0.1) is 0 Å². The van der Waals surface area contributed by atoms with Crippen molar-refractivity contribution in [1.82, 2.24) is 4.90 Å². The Hall–Kier alpha value is -3.55. The molecule has 1 amide bonds. The molecule has 1 unspecified atom stereocenters. The van der Waals surface area contributed by atoms with E-state index in [0.29, 0.717) is 12.5 Å². The van der Waals surface area contributed by atoms with Crippen molar-refractivity contribution in [3.63, 3.8) is 0 Å². The summed E-state index contributed by atoms with van der Waals surface area (Å²) in [6.07, 6.45) is 5.14. The van der Waals surface area contributed by atoms with Crippen LogP contribution < -0.4 is 4.74 Å². The first-order chi connectivity index (χ1) is 19.1. The van der Waals surface area contributed by atoms with Gasteiger partial charge in [0, 0.05) is 13.1 Å². The molecule has 218 valence electrons. The van der Waals surface area contributed by atoms with E-state index in [9.17, 15) is 14.4 Å². The van der Waals surface area contributed by atoms with Gasteiger partial charge in [0.1, 0.15) is 18.0 Å². The normalized spacial score (nSPS) is 14.8. The summed E-state index contributed by atoms with van der Waals surface area (Å²) < 4.78 is 21.6. The van der Waals surface area contributed by atoms with Crippen LogP contribution in [0.1, 0.15) is 64.0 Å². The van der Waals surface area contributed by atoms with Crippen LogP contribution in [0.15, 0.2) is 54.6 Å². The molecule has 0 N–H and O–H groups in total. The van der Waals surface area contributed by atoms with Crippen molar-refractivity contribution in [2.24, 2.45) is 11.8 Å². The Morgan fingerprint density at radius 1 is 0.900 bits per heavy atom. The zero-order valence-corrected chi connectivity index (χ0v) is 24.2. The quantitative estimate of drug-likeness (QED) is 0.139. The highest BCUT2D eigenvalue weighted by molar-refractivity contribution is 5.95. The number of unbranched alkanes of at least 4 members (excludes halogenated alkanes) is 1. The number of nitrogens with zero attached hydrogens (tertiary/aromatic N) is 1. The van der Waals surface area contributed by atoms with E-state index in [-0.39, 0.29) is 19.1 Å². The SMILES string of the molecule is COC(=O)C(Cc1ccc(OCCCCC2CCN(C(=O)OC(C)(C)C)CC2)cc1)C(=O)OCc1ccccc1. The van der Waals surface area contributed by atoms with Crippen LogP contribution in [0.5, 0.6) is 5.75 Å². The van der Waals surface area contributed by atoms with E-state index in [1.807, 2.05) is 80.3 Å². The molecular weight excluding hydrogens is 510 g/mol. The lowest BCUT2D eigenvalue weighted by atomic mass is 9.92. The van der Waals surface area contributed by atoms with Gasteiger partial charge in [0.2, 0.25) is 0 Å². The van der Waals surface area contributed by atoms with Crippen molar-refractivity contribution < 1.29 is 33.3 Å². The number of esters is 2. The number of rotatable bonds is 12. The van der Waals surface area contributed by atoms with Gasteiger partial charge >= 0.3 is 18.0 Å². The molecule has 0 saturated carbocycles. The first-order valence-electron chi connectivity index (χ1n) is 14.1. The van der Waals surface area contributed by atoms with Gasteiger partial charge in [-0.3, -0.25) is 9.59 Å². The maximum Gasteiger partial charge on any atom is 0.410 e. The molecule has 2 aromatic rings. The molecular formula is C32H43NO7. The number of carbonyl (C=O) groups is 3. The van der Waals surface area contributed by atoms with E-state index in [4.69, 9.17) is 18.9 Å². The lowest BCUT2D eigenvalue weighted by Gasteiger charge is -2.33. The molecule has 0 spiro atoms. The summed E-state index contributed by atoms with van der Waals surface area (Å²) in [5.74, 6) is -0.882. The number of hydrogen-bond donors (Lipinski definition) is 0. The van der Waals surface area contributed by atoms with E-state index >= 15 is 0 Å². The molecule has 1 saturated heterocycles. The highest BCUT2D eigenvalue weighted by Gasteiger charge is 2.30. The molecule has 1 heterocycles. The molecule has 3 rings (SSSR count). The van der Waals surface area contributed by atoms with Crippen molar-refractivity contribution in [1.29, 1.82) is 0 Å². The number of amides is 1. The van der Waals surface area contributed by atoms with Crippen LogP contribution >= 0.6 is 0 Å². The van der Waals surface area contributed by atoms with Gasteiger partial charge in [-0.2, -0.15) is 0 Å². The maximum absolute atomic E-state index is 12.6. The predicted molar refractivity (Wildman–Crippen MR) is 152 cm³/mol. The lowest BCUT2D eigenvalue weighted by Crippen LogP contribution is -2.41. The molecule has 0 aromatic heterocycles. The van der Waals surface area contributed by atoms with Gasteiger partial charge < -0.3 is 23.8 Å². The minimum absolute atomic E-state index is 0.102. The van der Waals surface area contributed by atoms with Crippen LogP contribution in [0.25, 0.3) is 0 Å². The van der Waals surface area contributed by atoms with Crippen LogP contribution in [0.2, 0.25) is 0 Å². The molecule has 0 bridgehead atoms. The minimum Gasteiger partial charge on any atom is -0.494 e. The van der Waals surface area contributed by atoms with Gasteiger partial charge in [-0.05, 0) is 82.1 Å². The number of likely N-dealkylation sites (tertiary alicyclic amines) is 1. The van der Waals surface area contributed by atoms with Crippen LogP contribution in [0.3, 0.4) is 0 Å². The number of hydrogen-bond acceptors (Lipinski definition) is 7. The number of methoxy groups -OCH3 is 1. The van der Waals surface area contributed by atoms with Crippen LogP contribution in [0, 0.1) is 11.8 Å². The molecule has 2 aromatic carbocycles. The summed E-state index contributed by atoms with van der Waals surface area (Å²) in [4.78, 5) is 38.9. The topological polar surface area (TPSA) is 91.4 Å². The van der Waals surface area contributed by atoms with Crippen molar-refractivity contribution in [2.45, 2.75) is 71.5 Å². The highest BCUT2D eigenvalue weighted by Crippen LogP contribution is 2.24. The first kappa shape index (κ1) is 31.0. The Bertz CT molecular complexity index is 1070. The van der Waals surface area contributed by atoms with Crippen LogP contribution in [0.4, 0.5) is 4.79 Å². The zero-order chi connectivity index (χ0) is 29.0. The Morgan fingerprint density at radius 2 is 1.57 bits per heavy atom. The lowest BCUT2D eigenvalue weighted by molar-refractivity contribution is -0.161. The monoisotopic (exact) mass is 553 g/mol. The van der Waals surface area contributed by atoms with Gasteiger partial charge in [-0.1, -0.05) is 48.9 Å². The number of piperidine rings is 1. The van der Waals surface area contributed by atoms with Crippen molar-refractivity contribution in [3.8, 4) is 5.75 Å².